The smallest absolute Gasteiger partial charge is 0.322 e. The van der Waals surface area contributed by atoms with Gasteiger partial charge in [-0.05, 0) is 5.56 Å². The van der Waals surface area contributed by atoms with Gasteiger partial charge in [-0.15, -0.1) is 0 Å². The van der Waals surface area contributed by atoms with Crippen LogP contribution >= 0.6 is 0 Å². The van der Waals surface area contributed by atoms with Crippen LogP contribution in [0.1, 0.15) is 17.2 Å². The lowest BCUT2D eigenvalue weighted by molar-refractivity contribution is -0.114. The van der Waals surface area contributed by atoms with Crippen LogP contribution in [-0.2, 0) is 4.79 Å². The van der Waals surface area contributed by atoms with Gasteiger partial charge in [-0.3, -0.25) is 4.79 Å². The lowest BCUT2D eigenvalue weighted by Gasteiger charge is -2.22. The first-order valence-corrected chi connectivity index (χ1v) is 6.29. The highest BCUT2D eigenvalue weighted by Crippen LogP contribution is 2.20. The molecule has 1 aliphatic rings. The van der Waals surface area contributed by atoms with E-state index in [1.54, 1.807) is 12.1 Å². The van der Waals surface area contributed by atoms with Gasteiger partial charge in [-0.2, -0.15) is 4.99 Å². The maximum absolute atomic E-state index is 12.5. The van der Waals surface area contributed by atoms with Crippen molar-refractivity contribution in [2.24, 2.45) is 4.99 Å². The third kappa shape index (κ3) is 2.23. The number of aliphatic imine (C=N–C) groups is 1. The zero-order valence-corrected chi connectivity index (χ0v) is 10.6. The van der Waals surface area contributed by atoms with Gasteiger partial charge in [-0.1, -0.05) is 60.7 Å². The van der Waals surface area contributed by atoms with E-state index in [9.17, 15) is 9.59 Å². The average Bonchev–Trinajstić information content (AvgIpc) is 2.51. The van der Waals surface area contributed by atoms with Crippen LogP contribution in [0.5, 0.6) is 0 Å². The second-order valence-corrected chi connectivity index (χ2v) is 4.48. The van der Waals surface area contributed by atoms with E-state index < -0.39 is 12.1 Å². The highest BCUT2D eigenvalue weighted by molar-refractivity contribution is 6.50. The lowest BCUT2D eigenvalue weighted by Crippen LogP contribution is -2.41. The number of urea groups is 1. The van der Waals surface area contributed by atoms with Crippen LogP contribution in [0.2, 0.25) is 0 Å². The van der Waals surface area contributed by atoms with Gasteiger partial charge >= 0.3 is 6.03 Å². The maximum atomic E-state index is 12.5. The van der Waals surface area contributed by atoms with Gasteiger partial charge < -0.3 is 5.32 Å². The van der Waals surface area contributed by atoms with E-state index in [4.69, 9.17) is 0 Å². The molecule has 1 N–H and O–H groups in total. The molecule has 0 spiro atoms. The Bertz CT molecular complexity index is 678. The monoisotopic (exact) mass is 264 g/mol. The highest BCUT2D eigenvalue weighted by atomic mass is 16.2. The van der Waals surface area contributed by atoms with Crippen molar-refractivity contribution in [1.82, 2.24) is 5.32 Å². The number of rotatable bonds is 2. The molecule has 20 heavy (non-hydrogen) atoms. The summed E-state index contributed by atoms with van der Waals surface area (Å²) in [6.45, 7) is 0. The molecule has 4 heteroatoms. The summed E-state index contributed by atoms with van der Waals surface area (Å²) in [5, 5.41) is 2.61. The largest absolute Gasteiger partial charge is 0.342 e. The topological polar surface area (TPSA) is 58.5 Å². The van der Waals surface area contributed by atoms with Crippen LogP contribution < -0.4 is 5.32 Å². The normalized spacial score (nSPS) is 18.4. The summed E-state index contributed by atoms with van der Waals surface area (Å²) >= 11 is 0. The lowest BCUT2D eigenvalue weighted by atomic mass is 9.95. The van der Waals surface area contributed by atoms with E-state index in [0.717, 1.165) is 5.56 Å². The summed E-state index contributed by atoms with van der Waals surface area (Å²) in [5.74, 6) is -0.193. The fourth-order valence-corrected chi connectivity index (χ4v) is 2.20. The Morgan fingerprint density at radius 1 is 0.850 bits per heavy atom. The van der Waals surface area contributed by atoms with E-state index in [0.29, 0.717) is 5.56 Å². The molecule has 0 saturated carbocycles. The van der Waals surface area contributed by atoms with Crippen molar-refractivity contribution >= 4 is 17.5 Å². The van der Waals surface area contributed by atoms with E-state index in [2.05, 4.69) is 10.3 Å². The molecule has 2 amide bonds. The molecule has 2 aromatic carbocycles. The maximum Gasteiger partial charge on any atom is 0.342 e. The number of amides is 2. The van der Waals surface area contributed by atoms with Gasteiger partial charge in [0.1, 0.15) is 11.8 Å². The summed E-state index contributed by atoms with van der Waals surface area (Å²) < 4.78 is 0. The van der Waals surface area contributed by atoms with Crippen LogP contribution in [0.25, 0.3) is 0 Å². The minimum atomic E-state index is -0.670. The molecule has 1 aliphatic heterocycles. The number of nitrogens with zero attached hydrogens (tertiary/aromatic N) is 1. The molecule has 0 fully saturated rings. The molecule has 2 aromatic rings. The quantitative estimate of drug-likeness (QED) is 0.906. The molecule has 1 atom stereocenters. The predicted molar refractivity (Wildman–Crippen MR) is 75.7 cm³/mol. The zero-order chi connectivity index (χ0) is 13.9. The number of carbonyl (C=O) groups excluding carboxylic acids is 2. The first kappa shape index (κ1) is 12.3. The SMILES string of the molecule is O=C1N=C(c2ccccc2)C(=O)C(c2ccccc2)N1. The minimum Gasteiger partial charge on any atom is -0.322 e. The van der Waals surface area contributed by atoms with Crippen LogP contribution in [0.15, 0.2) is 65.7 Å². The average molecular weight is 264 g/mol. The van der Waals surface area contributed by atoms with Crippen molar-refractivity contribution in [2.45, 2.75) is 6.04 Å². The van der Waals surface area contributed by atoms with Crippen molar-refractivity contribution in [3.8, 4) is 0 Å². The van der Waals surface area contributed by atoms with E-state index in [1.165, 1.54) is 0 Å². The number of hydrogen-bond acceptors (Lipinski definition) is 2. The number of ketones is 1. The fourth-order valence-electron chi connectivity index (χ4n) is 2.20. The molecular formula is C16H12N2O2. The van der Waals surface area contributed by atoms with Gasteiger partial charge in [0.2, 0.25) is 5.78 Å². The Labute approximate surface area is 116 Å². The van der Waals surface area contributed by atoms with Crippen LogP contribution in [0.4, 0.5) is 4.79 Å². The van der Waals surface area contributed by atoms with Crippen molar-refractivity contribution in [3.63, 3.8) is 0 Å². The third-order valence-corrected chi connectivity index (χ3v) is 3.16. The van der Waals surface area contributed by atoms with Gasteiger partial charge in [0.25, 0.3) is 0 Å². The first-order valence-electron chi connectivity index (χ1n) is 6.29. The highest BCUT2D eigenvalue weighted by Gasteiger charge is 2.31. The number of carbonyl (C=O) groups is 2. The summed E-state index contributed by atoms with van der Waals surface area (Å²) in [7, 11) is 0. The minimum absolute atomic E-state index is 0.193. The molecule has 1 unspecified atom stereocenters. The number of hydrogen-bond donors (Lipinski definition) is 1. The summed E-state index contributed by atoms with van der Waals surface area (Å²) in [6.07, 6.45) is 0. The van der Waals surface area contributed by atoms with E-state index in [1.807, 2.05) is 48.5 Å². The molecule has 1 heterocycles. The van der Waals surface area contributed by atoms with Crippen LogP contribution in [0, 0.1) is 0 Å². The third-order valence-electron chi connectivity index (χ3n) is 3.16. The second kappa shape index (κ2) is 5.09. The van der Waals surface area contributed by atoms with Crippen LogP contribution in [0.3, 0.4) is 0 Å². The van der Waals surface area contributed by atoms with Gasteiger partial charge in [0, 0.05) is 5.56 Å². The van der Waals surface area contributed by atoms with Gasteiger partial charge in [0.05, 0.1) is 0 Å². The molecule has 4 nitrogen and oxygen atoms in total. The Morgan fingerprint density at radius 3 is 2.10 bits per heavy atom. The molecule has 0 bridgehead atoms. The Morgan fingerprint density at radius 2 is 1.45 bits per heavy atom. The fraction of sp³-hybridized carbons (Fsp3) is 0.0625. The van der Waals surface area contributed by atoms with Crippen LogP contribution in [-0.4, -0.2) is 17.5 Å². The molecule has 0 aromatic heterocycles. The van der Waals surface area contributed by atoms with Crippen molar-refractivity contribution in [1.29, 1.82) is 0 Å². The Kier molecular flexibility index (Phi) is 3.13. The molecule has 98 valence electrons. The Hall–Kier alpha value is -2.75. The van der Waals surface area contributed by atoms with Gasteiger partial charge in [-0.25, -0.2) is 4.79 Å². The number of benzene rings is 2. The van der Waals surface area contributed by atoms with E-state index >= 15 is 0 Å². The van der Waals surface area contributed by atoms with Crippen molar-refractivity contribution in [2.75, 3.05) is 0 Å². The molecule has 3 rings (SSSR count). The summed E-state index contributed by atoms with van der Waals surface area (Å²) in [6, 6.07) is 17.0. The van der Waals surface area contributed by atoms with Gasteiger partial charge in [0.15, 0.2) is 0 Å². The summed E-state index contributed by atoms with van der Waals surface area (Å²) in [4.78, 5) is 28.1. The molecule has 0 aliphatic carbocycles. The number of nitrogens with one attached hydrogen (secondary N) is 1. The first-order chi connectivity index (χ1) is 9.75. The zero-order valence-electron chi connectivity index (χ0n) is 10.6. The predicted octanol–water partition coefficient (Wildman–Crippen LogP) is 2.51. The summed E-state index contributed by atoms with van der Waals surface area (Å²) in [5.41, 5.74) is 1.63. The number of Topliss-reactive ketones (excluding diaryl/α,β-unsaturated/α-hetero) is 1. The van der Waals surface area contributed by atoms with Crippen molar-refractivity contribution < 1.29 is 9.59 Å². The molecule has 0 saturated heterocycles. The molecule has 0 radical (unpaired) electrons. The Balaban J connectivity index is 2.01. The second-order valence-electron chi connectivity index (χ2n) is 4.48. The van der Waals surface area contributed by atoms with E-state index in [-0.39, 0.29) is 11.5 Å². The van der Waals surface area contributed by atoms with Crippen molar-refractivity contribution in [3.05, 3.63) is 71.8 Å². The standard InChI is InChI=1S/C16H12N2O2/c19-15-13(11-7-3-1-4-8-11)17-16(20)18-14(15)12-9-5-2-6-10-12/h1-10,13H,(H,17,20). The molecular weight excluding hydrogens is 252 g/mol.